The summed E-state index contributed by atoms with van der Waals surface area (Å²) in [5.74, 6) is 0.522. The zero-order valence-corrected chi connectivity index (χ0v) is 10.8. The van der Waals surface area contributed by atoms with Crippen molar-refractivity contribution in [3.05, 3.63) is 0 Å². The average molecular weight is 244 g/mol. The van der Waals surface area contributed by atoms with Gasteiger partial charge in [-0.15, -0.1) is 0 Å². The van der Waals surface area contributed by atoms with Gasteiger partial charge in [0.1, 0.15) is 0 Å². The van der Waals surface area contributed by atoms with Crippen LogP contribution >= 0.6 is 0 Å². The van der Waals surface area contributed by atoms with Crippen LogP contribution in [0.5, 0.6) is 0 Å². The predicted molar refractivity (Wildman–Crippen MR) is 65.7 cm³/mol. The number of piperidine rings is 1. The highest BCUT2D eigenvalue weighted by atomic mass is 16.3. The summed E-state index contributed by atoms with van der Waals surface area (Å²) in [6, 6.07) is -0.179. The summed E-state index contributed by atoms with van der Waals surface area (Å²) in [6.45, 7) is 5.00. The summed E-state index contributed by atoms with van der Waals surface area (Å²) in [7, 11) is 0. The van der Waals surface area contributed by atoms with E-state index in [2.05, 4.69) is 12.2 Å². The molecule has 0 aliphatic carbocycles. The van der Waals surface area contributed by atoms with Crippen LogP contribution in [0.1, 0.15) is 33.1 Å². The molecular formula is C12H24N2O3. The lowest BCUT2D eigenvalue weighted by Crippen LogP contribution is -2.58. The lowest BCUT2D eigenvalue weighted by Gasteiger charge is -2.36. The van der Waals surface area contributed by atoms with E-state index in [1.807, 2.05) is 6.92 Å². The van der Waals surface area contributed by atoms with Crippen LogP contribution in [0, 0.1) is 5.92 Å². The Kier molecular flexibility index (Phi) is 5.21. The van der Waals surface area contributed by atoms with Gasteiger partial charge in [0.15, 0.2) is 0 Å². The van der Waals surface area contributed by atoms with E-state index >= 15 is 0 Å². The fourth-order valence-electron chi connectivity index (χ4n) is 2.12. The van der Waals surface area contributed by atoms with Crippen LogP contribution in [0.4, 0.5) is 4.79 Å². The van der Waals surface area contributed by atoms with Crippen LogP contribution < -0.4 is 5.32 Å². The van der Waals surface area contributed by atoms with Crippen molar-refractivity contribution < 1.29 is 15.0 Å². The summed E-state index contributed by atoms with van der Waals surface area (Å²) >= 11 is 0. The monoisotopic (exact) mass is 244 g/mol. The molecule has 1 rings (SSSR count). The third-order valence-corrected chi connectivity index (χ3v) is 3.60. The Morgan fingerprint density at radius 3 is 2.59 bits per heavy atom. The fraction of sp³-hybridized carbons (Fsp3) is 0.917. The lowest BCUT2D eigenvalue weighted by atomic mass is 9.98. The van der Waals surface area contributed by atoms with Gasteiger partial charge in [-0.25, -0.2) is 4.79 Å². The van der Waals surface area contributed by atoms with Crippen molar-refractivity contribution in [2.24, 2.45) is 5.92 Å². The third kappa shape index (κ3) is 3.57. The number of urea groups is 1. The van der Waals surface area contributed by atoms with Crippen molar-refractivity contribution in [3.63, 3.8) is 0 Å². The maximum atomic E-state index is 12.0. The van der Waals surface area contributed by atoms with Crippen LogP contribution in [0.15, 0.2) is 0 Å². The highest BCUT2D eigenvalue weighted by Gasteiger charge is 2.31. The van der Waals surface area contributed by atoms with E-state index in [1.165, 1.54) is 0 Å². The van der Waals surface area contributed by atoms with E-state index in [1.54, 1.807) is 4.90 Å². The quantitative estimate of drug-likeness (QED) is 0.676. The Balaban J connectivity index is 2.57. The topological polar surface area (TPSA) is 72.8 Å². The summed E-state index contributed by atoms with van der Waals surface area (Å²) in [6.07, 6.45) is 2.68. The minimum atomic E-state index is -0.891. The maximum absolute atomic E-state index is 12.0. The number of hydrogen-bond donors (Lipinski definition) is 3. The number of aliphatic hydroxyl groups excluding tert-OH is 2. The number of carbonyl (C=O) groups excluding carboxylic acids is 1. The van der Waals surface area contributed by atoms with Gasteiger partial charge in [-0.1, -0.05) is 13.8 Å². The minimum Gasteiger partial charge on any atom is -0.394 e. The molecule has 2 amide bonds. The number of amides is 2. The first-order valence-corrected chi connectivity index (χ1v) is 6.35. The van der Waals surface area contributed by atoms with Gasteiger partial charge < -0.3 is 20.4 Å². The summed E-state index contributed by atoms with van der Waals surface area (Å²) < 4.78 is 0. The number of nitrogens with zero attached hydrogens (tertiary/aromatic N) is 1. The number of carbonyl (C=O) groups is 1. The van der Waals surface area contributed by atoms with Gasteiger partial charge in [0, 0.05) is 13.1 Å². The van der Waals surface area contributed by atoms with Crippen molar-refractivity contribution in [2.45, 2.75) is 38.6 Å². The van der Waals surface area contributed by atoms with Gasteiger partial charge >= 0.3 is 6.03 Å². The number of aliphatic hydroxyl groups is 2. The Morgan fingerprint density at radius 1 is 1.47 bits per heavy atom. The van der Waals surface area contributed by atoms with Crippen LogP contribution in [-0.4, -0.2) is 53.0 Å². The van der Waals surface area contributed by atoms with E-state index in [-0.39, 0.29) is 19.2 Å². The van der Waals surface area contributed by atoms with Crippen molar-refractivity contribution in [2.75, 3.05) is 26.3 Å². The average Bonchev–Trinajstić information content (AvgIpc) is 2.36. The second kappa shape index (κ2) is 6.21. The van der Waals surface area contributed by atoms with E-state index in [0.29, 0.717) is 12.3 Å². The molecule has 0 bridgehead atoms. The van der Waals surface area contributed by atoms with Crippen LogP contribution in [0.3, 0.4) is 0 Å². The Morgan fingerprint density at radius 2 is 2.12 bits per heavy atom. The summed E-state index contributed by atoms with van der Waals surface area (Å²) in [5, 5.41) is 21.3. The smallest absolute Gasteiger partial charge is 0.317 e. The summed E-state index contributed by atoms with van der Waals surface area (Å²) in [4.78, 5) is 13.8. The first-order valence-electron chi connectivity index (χ1n) is 6.35. The van der Waals surface area contributed by atoms with Gasteiger partial charge in [-0.05, 0) is 25.2 Å². The zero-order valence-electron chi connectivity index (χ0n) is 10.8. The molecule has 5 heteroatoms. The molecule has 0 spiro atoms. The minimum absolute atomic E-state index is 0.179. The normalized spacial score (nSPS) is 21.4. The standard InChI is InChI=1S/C12H24N2O3/c1-3-12(8-15,9-16)13-11(17)14-6-4-5-10(2)7-14/h10,15-16H,3-9H2,1-2H3,(H,13,17). The predicted octanol–water partition coefficient (Wildman–Crippen LogP) is 0.561. The highest BCUT2D eigenvalue weighted by molar-refractivity contribution is 5.75. The highest BCUT2D eigenvalue weighted by Crippen LogP contribution is 2.17. The first-order chi connectivity index (χ1) is 8.06. The van der Waals surface area contributed by atoms with Gasteiger partial charge in [-0.3, -0.25) is 0 Å². The van der Waals surface area contributed by atoms with Crippen LogP contribution in [0.2, 0.25) is 0 Å². The number of rotatable bonds is 4. The largest absolute Gasteiger partial charge is 0.394 e. The molecule has 1 aliphatic heterocycles. The molecule has 1 aliphatic rings. The van der Waals surface area contributed by atoms with E-state index in [9.17, 15) is 15.0 Å². The molecule has 0 aromatic heterocycles. The molecule has 1 saturated heterocycles. The molecule has 1 fully saturated rings. The second-order valence-corrected chi connectivity index (χ2v) is 5.07. The van der Waals surface area contributed by atoms with Gasteiger partial charge in [0.05, 0.1) is 18.8 Å². The van der Waals surface area contributed by atoms with E-state index in [4.69, 9.17) is 0 Å². The molecule has 1 heterocycles. The maximum Gasteiger partial charge on any atom is 0.317 e. The molecule has 3 N–H and O–H groups in total. The number of likely N-dealkylation sites (tertiary alicyclic amines) is 1. The fourth-order valence-corrected chi connectivity index (χ4v) is 2.12. The zero-order chi connectivity index (χ0) is 12.9. The molecule has 17 heavy (non-hydrogen) atoms. The van der Waals surface area contributed by atoms with Gasteiger partial charge in [-0.2, -0.15) is 0 Å². The van der Waals surface area contributed by atoms with Crippen LogP contribution in [0.25, 0.3) is 0 Å². The molecule has 5 nitrogen and oxygen atoms in total. The molecule has 0 aromatic rings. The molecule has 0 aromatic carbocycles. The molecule has 1 unspecified atom stereocenters. The SMILES string of the molecule is CCC(CO)(CO)NC(=O)N1CCCC(C)C1. The van der Waals surface area contributed by atoms with Gasteiger partial charge in [0.2, 0.25) is 0 Å². The first kappa shape index (κ1) is 14.3. The van der Waals surface area contributed by atoms with Crippen LogP contribution in [-0.2, 0) is 0 Å². The molecule has 0 radical (unpaired) electrons. The van der Waals surface area contributed by atoms with E-state index < -0.39 is 5.54 Å². The van der Waals surface area contributed by atoms with Crippen molar-refractivity contribution in [1.29, 1.82) is 0 Å². The third-order valence-electron chi connectivity index (χ3n) is 3.60. The van der Waals surface area contributed by atoms with Gasteiger partial charge in [0.25, 0.3) is 0 Å². The van der Waals surface area contributed by atoms with Crippen molar-refractivity contribution in [3.8, 4) is 0 Å². The molecule has 1 atom stereocenters. The molecular weight excluding hydrogens is 220 g/mol. The molecule has 100 valence electrons. The lowest BCUT2D eigenvalue weighted by molar-refractivity contribution is 0.0826. The Labute approximate surface area is 103 Å². The molecule has 0 saturated carbocycles. The number of nitrogens with one attached hydrogen (secondary N) is 1. The second-order valence-electron chi connectivity index (χ2n) is 5.07. The number of hydrogen-bond acceptors (Lipinski definition) is 3. The van der Waals surface area contributed by atoms with Crippen molar-refractivity contribution >= 4 is 6.03 Å². The van der Waals surface area contributed by atoms with E-state index in [0.717, 1.165) is 25.9 Å². The Bertz CT molecular complexity index is 246. The summed E-state index contributed by atoms with van der Waals surface area (Å²) in [5.41, 5.74) is -0.891. The Hall–Kier alpha value is -0.810. The van der Waals surface area contributed by atoms with Crippen molar-refractivity contribution in [1.82, 2.24) is 10.2 Å².